The molecule has 0 aliphatic rings. The molecule has 1 N–H and O–H groups in total. The normalized spacial score (nSPS) is 13.8. The van der Waals surface area contributed by atoms with Crippen LogP contribution in [0.1, 0.15) is 52.7 Å². The molecule has 1 aromatic carbocycles. The van der Waals surface area contributed by atoms with Gasteiger partial charge in [0, 0.05) is 24.2 Å². The van der Waals surface area contributed by atoms with Gasteiger partial charge in [0.15, 0.2) is 0 Å². The summed E-state index contributed by atoms with van der Waals surface area (Å²) in [5.74, 6) is 0. The van der Waals surface area contributed by atoms with Crippen LogP contribution in [0, 0.1) is 5.41 Å². The van der Waals surface area contributed by atoms with E-state index < -0.39 is 0 Å². The van der Waals surface area contributed by atoms with E-state index in [1.165, 1.54) is 0 Å². The van der Waals surface area contributed by atoms with Crippen molar-refractivity contribution in [2.24, 2.45) is 5.41 Å². The van der Waals surface area contributed by atoms with E-state index >= 15 is 0 Å². The molecule has 2 nitrogen and oxygen atoms in total. The Morgan fingerprint density at radius 2 is 1.95 bits per heavy atom. The first-order valence-electron chi connectivity index (χ1n) is 7.38. The van der Waals surface area contributed by atoms with Crippen molar-refractivity contribution in [3.8, 4) is 0 Å². The molecule has 0 fully saturated rings. The minimum Gasteiger partial charge on any atom is -0.372 e. The number of rotatable bonds is 7. The molecule has 1 unspecified atom stereocenters. The summed E-state index contributed by atoms with van der Waals surface area (Å²) in [6.45, 7) is 12.6. The topological polar surface area (TPSA) is 21.3 Å². The first-order valence-corrected chi connectivity index (χ1v) is 7.76. The molecule has 0 saturated carbocycles. The Labute approximate surface area is 128 Å². The fraction of sp³-hybridized carbons (Fsp3) is 0.647. The fourth-order valence-corrected chi connectivity index (χ4v) is 2.03. The highest BCUT2D eigenvalue weighted by atomic mass is 35.5. The molecule has 1 atom stereocenters. The molecule has 0 spiro atoms. The van der Waals surface area contributed by atoms with Gasteiger partial charge in [0.25, 0.3) is 0 Å². The highest BCUT2D eigenvalue weighted by Crippen LogP contribution is 2.24. The number of benzene rings is 1. The molecule has 0 amide bonds. The minimum atomic E-state index is 0.0541. The van der Waals surface area contributed by atoms with Gasteiger partial charge in [-0.05, 0) is 29.5 Å². The Hall–Kier alpha value is -0.570. The third-order valence-electron chi connectivity index (χ3n) is 3.10. The second-order valence-corrected chi connectivity index (χ2v) is 7.22. The summed E-state index contributed by atoms with van der Waals surface area (Å²) in [5, 5.41) is 4.20. The van der Waals surface area contributed by atoms with Gasteiger partial charge < -0.3 is 10.1 Å². The van der Waals surface area contributed by atoms with Crippen molar-refractivity contribution in [3.05, 3.63) is 34.9 Å². The number of ether oxygens (including phenoxy) is 1. The van der Waals surface area contributed by atoms with Gasteiger partial charge in [-0.15, -0.1) is 0 Å². The molecule has 0 bridgehead atoms. The lowest BCUT2D eigenvalue weighted by Crippen LogP contribution is -2.29. The molecule has 1 rings (SSSR count). The van der Waals surface area contributed by atoms with E-state index in [1.807, 2.05) is 18.2 Å². The number of nitrogens with one attached hydrogen (secondary N) is 1. The smallest absolute Gasteiger partial charge is 0.0949 e. The van der Waals surface area contributed by atoms with Crippen LogP contribution in [0.2, 0.25) is 5.02 Å². The van der Waals surface area contributed by atoms with Crippen molar-refractivity contribution in [1.82, 2.24) is 5.32 Å². The SMILES string of the molecule is CC(C)NCC(OCCC(C)(C)C)c1cccc(Cl)c1. The van der Waals surface area contributed by atoms with Crippen LogP contribution in [0.15, 0.2) is 24.3 Å². The van der Waals surface area contributed by atoms with Crippen LogP contribution in [0.3, 0.4) is 0 Å². The Morgan fingerprint density at radius 1 is 1.25 bits per heavy atom. The maximum absolute atomic E-state index is 6.09. The summed E-state index contributed by atoms with van der Waals surface area (Å²) in [6.07, 6.45) is 1.10. The molecule has 0 aliphatic heterocycles. The predicted octanol–water partition coefficient (Wildman–Crippen LogP) is 4.83. The Morgan fingerprint density at radius 3 is 2.50 bits per heavy atom. The summed E-state index contributed by atoms with van der Waals surface area (Å²) in [4.78, 5) is 0. The molecule has 0 aromatic heterocycles. The largest absolute Gasteiger partial charge is 0.372 e. The van der Waals surface area contributed by atoms with Gasteiger partial charge in [-0.3, -0.25) is 0 Å². The van der Waals surface area contributed by atoms with E-state index in [9.17, 15) is 0 Å². The molecule has 1 aromatic rings. The summed E-state index contributed by atoms with van der Waals surface area (Å²) in [7, 11) is 0. The summed E-state index contributed by atoms with van der Waals surface area (Å²) >= 11 is 6.08. The summed E-state index contributed by atoms with van der Waals surface area (Å²) < 4.78 is 6.09. The van der Waals surface area contributed by atoms with Gasteiger partial charge in [-0.2, -0.15) is 0 Å². The number of hydrogen-bond donors (Lipinski definition) is 1. The summed E-state index contributed by atoms with van der Waals surface area (Å²) in [5.41, 5.74) is 1.43. The van der Waals surface area contributed by atoms with Crippen LogP contribution >= 0.6 is 11.6 Å². The zero-order valence-corrected chi connectivity index (χ0v) is 14.1. The van der Waals surface area contributed by atoms with Crippen molar-refractivity contribution in [1.29, 1.82) is 0 Å². The van der Waals surface area contributed by atoms with Gasteiger partial charge in [-0.1, -0.05) is 58.4 Å². The molecule has 0 heterocycles. The van der Waals surface area contributed by atoms with Gasteiger partial charge in [-0.25, -0.2) is 0 Å². The second-order valence-electron chi connectivity index (χ2n) is 6.79. The zero-order chi connectivity index (χ0) is 15.2. The molecular weight excluding hydrogens is 270 g/mol. The molecule has 20 heavy (non-hydrogen) atoms. The Balaban J connectivity index is 2.65. The standard InChI is InChI=1S/C17H28ClNO/c1-13(2)19-12-16(20-10-9-17(3,4)5)14-7-6-8-15(18)11-14/h6-8,11,13,16,19H,9-10,12H2,1-5H3. The highest BCUT2D eigenvalue weighted by Gasteiger charge is 2.15. The van der Waals surface area contributed by atoms with Crippen LogP contribution in [-0.4, -0.2) is 19.2 Å². The van der Waals surface area contributed by atoms with Crippen LogP contribution in [-0.2, 0) is 4.74 Å². The van der Waals surface area contributed by atoms with E-state index in [2.05, 4.69) is 46.0 Å². The van der Waals surface area contributed by atoms with Crippen molar-refractivity contribution < 1.29 is 4.74 Å². The quantitative estimate of drug-likeness (QED) is 0.778. The molecule has 3 heteroatoms. The molecule has 114 valence electrons. The molecule has 0 saturated heterocycles. The van der Waals surface area contributed by atoms with Gasteiger partial charge >= 0.3 is 0 Å². The van der Waals surface area contributed by atoms with Gasteiger partial charge in [0.2, 0.25) is 0 Å². The van der Waals surface area contributed by atoms with Gasteiger partial charge in [0.1, 0.15) is 0 Å². The van der Waals surface area contributed by atoms with Crippen molar-refractivity contribution in [2.45, 2.75) is 53.2 Å². The van der Waals surface area contributed by atoms with Gasteiger partial charge in [0.05, 0.1) is 6.10 Å². The van der Waals surface area contributed by atoms with E-state index in [-0.39, 0.29) is 6.10 Å². The lowest BCUT2D eigenvalue weighted by atomic mass is 9.93. The average Bonchev–Trinajstić information content (AvgIpc) is 2.31. The summed E-state index contributed by atoms with van der Waals surface area (Å²) in [6, 6.07) is 8.39. The van der Waals surface area contributed by atoms with Crippen molar-refractivity contribution >= 4 is 11.6 Å². The fourth-order valence-electron chi connectivity index (χ4n) is 1.83. The Kier molecular flexibility index (Phi) is 7.01. The third kappa shape index (κ3) is 7.28. The molecular formula is C17H28ClNO. The van der Waals surface area contributed by atoms with E-state index in [4.69, 9.17) is 16.3 Å². The third-order valence-corrected chi connectivity index (χ3v) is 3.34. The van der Waals surface area contributed by atoms with E-state index in [0.29, 0.717) is 11.5 Å². The van der Waals surface area contributed by atoms with E-state index in [0.717, 1.165) is 30.2 Å². The number of halogens is 1. The average molecular weight is 298 g/mol. The molecule has 0 radical (unpaired) electrons. The Bertz CT molecular complexity index is 398. The minimum absolute atomic E-state index is 0.0541. The first-order chi connectivity index (χ1) is 9.28. The maximum Gasteiger partial charge on any atom is 0.0949 e. The maximum atomic E-state index is 6.09. The predicted molar refractivity (Wildman–Crippen MR) is 87.4 cm³/mol. The van der Waals surface area contributed by atoms with E-state index in [1.54, 1.807) is 0 Å². The lowest BCUT2D eigenvalue weighted by molar-refractivity contribution is 0.0359. The van der Waals surface area contributed by atoms with Crippen molar-refractivity contribution in [3.63, 3.8) is 0 Å². The van der Waals surface area contributed by atoms with Crippen LogP contribution < -0.4 is 5.32 Å². The monoisotopic (exact) mass is 297 g/mol. The van der Waals surface area contributed by atoms with Crippen LogP contribution in [0.4, 0.5) is 0 Å². The number of hydrogen-bond acceptors (Lipinski definition) is 2. The van der Waals surface area contributed by atoms with Crippen molar-refractivity contribution in [2.75, 3.05) is 13.2 Å². The second kappa shape index (κ2) is 8.02. The first kappa shape index (κ1) is 17.5. The highest BCUT2D eigenvalue weighted by molar-refractivity contribution is 6.30. The lowest BCUT2D eigenvalue weighted by Gasteiger charge is -2.24. The zero-order valence-electron chi connectivity index (χ0n) is 13.4. The van der Waals surface area contributed by atoms with Crippen LogP contribution in [0.25, 0.3) is 0 Å². The van der Waals surface area contributed by atoms with Crippen LogP contribution in [0.5, 0.6) is 0 Å². The molecule has 0 aliphatic carbocycles.